The number of rotatable bonds is 4. The number of hydrogen-bond acceptors (Lipinski definition) is 4. The van der Waals surface area contributed by atoms with Crippen LogP contribution in [0.5, 0.6) is 0 Å². The van der Waals surface area contributed by atoms with Gasteiger partial charge in [0.15, 0.2) is 0 Å². The first-order valence-electron chi connectivity index (χ1n) is 4.66. The van der Waals surface area contributed by atoms with E-state index in [-0.39, 0.29) is 0 Å². The molecule has 84 valence electrons. The summed E-state index contributed by atoms with van der Waals surface area (Å²) < 4.78 is 4.63. The van der Waals surface area contributed by atoms with Crippen molar-refractivity contribution in [1.82, 2.24) is 0 Å². The number of anilines is 1. The van der Waals surface area contributed by atoms with E-state index < -0.39 is 5.97 Å². The van der Waals surface area contributed by atoms with E-state index in [1.54, 1.807) is 24.3 Å². The number of benzene rings is 1. The van der Waals surface area contributed by atoms with E-state index >= 15 is 0 Å². The molecule has 0 bridgehead atoms. The van der Waals surface area contributed by atoms with Gasteiger partial charge in [-0.15, -0.1) is 6.42 Å². The Morgan fingerprint density at radius 3 is 2.81 bits per heavy atom. The molecule has 0 atom stereocenters. The highest BCUT2D eigenvalue weighted by Gasteiger charge is 2.09. The van der Waals surface area contributed by atoms with E-state index in [1.807, 2.05) is 0 Å². The number of carbonyl (C=O) groups excluding carboxylic acids is 1. The van der Waals surface area contributed by atoms with E-state index in [0.717, 1.165) is 0 Å². The van der Waals surface area contributed by atoms with E-state index in [2.05, 4.69) is 10.7 Å². The van der Waals surface area contributed by atoms with Crippen LogP contribution in [-0.4, -0.2) is 26.7 Å². The Bertz CT molecular complexity index is 409. The second-order valence-corrected chi connectivity index (χ2v) is 2.97. The third kappa shape index (κ3) is 2.75. The summed E-state index contributed by atoms with van der Waals surface area (Å²) in [5, 5.41) is 1.51. The predicted octanol–water partition coefficient (Wildman–Crippen LogP) is 1.47. The van der Waals surface area contributed by atoms with Crippen molar-refractivity contribution in [2.24, 2.45) is 0 Å². The van der Waals surface area contributed by atoms with Crippen molar-refractivity contribution in [3.05, 3.63) is 29.8 Å². The van der Waals surface area contributed by atoms with Crippen LogP contribution in [0.3, 0.4) is 0 Å². The summed E-state index contributed by atoms with van der Waals surface area (Å²) in [6.45, 7) is 0.307. The average Bonchev–Trinajstić information content (AvgIpc) is 2.35. The van der Waals surface area contributed by atoms with Crippen LogP contribution in [-0.2, 0) is 9.57 Å². The summed E-state index contributed by atoms with van der Waals surface area (Å²) in [5.74, 6) is 2.07. The highest BCUT2D eigenvalue weighted by Crippen LogP contribution is 2.16. The maximum atomic E-state index is 11.3. The molecule has 0 aliphatic heterocycles. The zero-order valence-corrected chi connectivity index (χ0v) is 9.27. The summed E-state index contributed by atoms with van der Waals surface area (Å²) in [6, 6.07) is 6.86. The van der Waals surface area contributed by atoms with Gasteiger partial charge >= 0.3 is 5.97 Å². The fourth-order valence-electron chi connectivity index (χ4n) is 1.25. The Morgan fingerprint density at radius 2 is 2.25 bits per heavy atom. The zero-order chi connectivity index (χ0) is 12.0. The van der Waals surface area contributed by atoms with Crippen LogP contribution >= 0.6 is 0 Å². The van der Waals surface area contributed by atoms with Gasteiger partial charge in [0.1, 0.15) is 6.54 Å². The molecule has 0 aliphatic carbocycles. The molecule has 0 aromatic heterocycles. The number of ether oxygens (including phenoxy) is 1. The van der Waals surface area contributed by atoms with Crippen LogP contribution in [0.15, 0.2) is 24.3 Å². The average molecular weight is 219 g/mol. The number of esters is 1. The van der Waals surface area contributed by atoms with Gasteiger partial charge in [-0.2, -0.15) is 0 Å². The number of carbonyl (C=O) groups is 1. The van der Waals surface area contributed by atoms with E-state index in [9.17, 15) is 4.79 Å². The van der Waals surface area contributed by atoms with Gasteiger partial charge in [0.25, 0.3) is 0 Å². The minimum atomic E-state index is -0.390. The lowest BCUT2D eigenvalue weighted by Gasteiger charge is -2.19. The van der Waals surface area contributed by atoms with Crippen LogP contribution in [0.4, 0.5) is 5.69 Å². The molecule has 0 fully saturated rings. The third-order valence-electron chi connectivity index (χ3n) is 2.01. The molecular formula is C12H13NO3. The summed E-state index contributed by atoms with van der Waals surface area (Å²) in [7, 11) is 2.85. The van der Waals surface area contributed by atoms with Crippen LogP contribution in [0.2, 0.25) is 0 Å². The predicted molar refractivity (Wildman–Crippen MR) is 61.0 cm³/mol. The number of hydrogen-bond donors (Lipinski definition) is 0. The molecule has 4 nitrogen and oxygen atoms in total. The van der Waals surface area contributed by atoms with Crippen molar-refractivity contribution in [1.29, 1.82) is 0 Å². The van der Waals surface area contributed by atoms with Gasteiger partial charge in [-0.05, 0) is 18.2 Å². The monoisotopic (exact) mass is 219 g/mol. The molecule has 0 saturated heterocycles. The quantitative estimate of drug-likeness (QED) is 0.437. The zero-order valence-electron chi connectivity index (χ0n) is 9.27. The lowest BCUT2D eigenvalue weighted by Crippen LogP contribution is -2.22. The van der Waals surface area contributed by atoms with E-state index in [4.69, 9.17) is 11.3 Å². The number of hydroxylamine groups is 1. The fourth-order valence-corrected chi connectivity index (χ4v) is 1.25. The molecule has 1 aromatic carbocycles. The maximum absolute atomic E-state index is 11.3. The van der Waals surface area contributed by atoms with Gasteiger partial charge in [0.2, 0.25) is 0 Å². The standard InChI is InChI=1S/C12H13NO3/c1-4-8-13(16-3)11-7-5-6-10(9-11)12(14)15-2/h1,5-7,9H,8H2,2-3H3. The van der Waals surface area contributed by atoms with Crippen LogP contribution < -0.4 is 5.06 Å². The van der Waals surface area contributed by atoms with Crippen molar-refractivity contribution in [3.8, 4) is 12.3 Å². The van der Waals surface area contributed by atoms with Crippen molar-refractivity contribution < 1.29 is 14.4 Å². The number of nitrogens with zero attached hydrogens (tertiary/aromatic N) is 1. The lowest BCUT2D eigenvalue weighted by atomic mass is 10.2. The normalized spacial score (nSPS) is 9.31. The molecule has 0 spiro atoms. The molecule has 4 heteroatoms. The van der Waals surface area contributed by atoms with Crippen LogP contribution in [0.25, 0.3) is 0 Å². The van der Waals surface area contributed by atoms with E-state index in [0.29, 0.717) is 17.8 Å². The SMILES string of the molecule is C#CCN(OC)c1cccc(C(=O)OC)c1. The fraction of sp³-hybridized carbons (Fsp3) is 0.250. The largest absolute Gasteiger partial charge is 0.465 e. The highest BCUT2D eigenvalue weighted by molar-refractivity contribution is 5.90. The van der Waals surface area contributed by atoms with Crippen LogP contribution in [0.1, 0.15) is 10.4 Å². The van der Waals surface area contributed by atoms with Crippen molar-refractivity contribution >= 4 is 11.7 Å². The first-order chi connectivity index (χ1) is 7.72. The molecule has 0 unspecified atom stereocenters. The summed E-state index contributed by atoms with van der Waals surface area (Å²) in [6.07, 6.45) is 5.20. The Labute approximate surface area is 94.7 Å². The van der Waals surface area contributed by atoms with Crippen molar-refractivity contribution in [3.63, 3.8) is 0 Å². The Balaban J connectivity index is 2.97. The molecule has 0 aliphatic rings. The first-order valence-corrected chi connectivity index (χ1v) is 4.66. The number of methoxy groups -OCH3 is 1. The molecule has 0 radical (unpaired) electrons. The highest BCUT2D eigenvalue weighted by atomic mass is 16.7. The van der Waals surface area contributed by atoms with E-state index in [1.165, 1.54) is 19.3 Å². The van der Waals surface area contributed by atoms with Crippen molar-refractivity contribution in [2.45, 2.75) is 0 Å². The Kier molecular flexibility index (Phi) is 4.37. The van der Waals surface area contributed by atoms with Crippen molar-refractivity contribution in [2.75, 3.05) is 25.8 Å². The smallest absolute Gasteiger partial charge is 0.337 e. The third-order valence-corrected chi connectivity index (χ3v) is 2.01. The summed E-state index contributed by atoms with van der Waals surface area (Å²) in [5.41, 5.74) is 1.17. The first kappa shape index (κ1) is 12.1. The maximum Gasteiger partial charge on any atom is 0.337 e. The lowest BCUT2D eigenvalue weighted by molar-refractivity contribution is 0.0600. The molecular weight excluding hydrogens is 206 g/mol. The van der Waals surface area contributed by atoms with Gasteiger partial charge in [-0.1, -0.05) is 12.0 Å². The summed E-state index contributed by atoms with van der Waals surface area (Å²) in [4.78, 5) is 16.4. The number of terminal acetylenes is 1. The Hall–Kier alpha value is -1.99. The summed E-state index contributed by atoms with van der Waals surface area (Å²) >= 11 is 0. The van der Waals surface area contributed by atoms with Gasteiger partial charge < -0.3 is 4.74 Å². The van der Waals surface area contributed by atoms with Gasteiger partial charge in [-0.3, -0.25) is 4.84 Å². The minimum absolute atomic E-state index is 0.307. The van der Waals surface area contributed by atoms with Gasteiger partial charge in [0, 0.05) is 0 Å². The molecule has 16 heavy (non-hydrogen) atoms. The van der Waals surface area contributed by atoms with Gasteiger partial charge in [0.05, 0.1) is 25.5 Å². The molecule has 0 amide bonds. The molecule has 0 heterocycles. The molecule has 0 N–H and O–H groups in total. The second kappa shape index (κ2) is 5.79. The molecule has 0 saturated carbocycles. The topological polar surface area (TPSA) is 38.8 Å². The minimum Gasteiger partial charge on any atom is -0.465 e. The Morgan fingerprint density at radius 1 is 1.50 bits per heavy atom. The molecule has 1 aromatic rings. The van der Waals surface area contributed by atoms with Crippen LogP contribution in [0, 0.1) is 12.3 Å². The second-order valence-electron chi connectivity index (χ2n) is 2.97. The van der Waals surface area contributed by atoms with Gasteiger partial charge in [-0.25, -0.2) is 9.86 Å². The molecule has 1 rings (SSSR count).